The van der Waals surface area contributed by atoms with Gasteiger partial charge in [-0.25, -0.2) is 9.59 Å². The summed E-state index contributed by atoms with van der Waals surface area (Å²) in [6, 6.07) is 0. The Morgan fingerprint density at radius 1 is 1.38 bits per heavy atom. The molecule has 0 radical (unpaired) electrons. The maximum atomic E-state index is 9.10. The number of hydrogen-bond acceptors (Lipinski definition) is 6. The van der Waals surface area contributed by atoms with Crippen molar-refractivity contribution in [1.29, 1.82) is 0 Å². The van der Waals surface area contributed by atoms with E-state index in [1.54, 1.807) is 0 Å². The van der Waals surface area contributed by atoms with Gasteiger partial charge in [0.1, 0.15) is 0 Å². The number of unbranched alkanes of at least 4 members (excludes halogenated alkanes) is 1. The van der Waals surface area contributed by atoms with Gasteiger partial charge in [-0.1, -0.05) is 24.6 Å². The van der Waals surface area contributed by atoms with Crippen molar-refractivity contribution in [3.8, 4) is 0 Å². The molecule has 1 aliphatic heterocycles. The van der Waals surface area contributed by atoms with Crippen molar-refractivity contribution in [2.45, 2.75) is 32.6 Å². The Bertz CT molecular complexity index is 498. The van der Waals surface area contributed by atoms with Gasteiger partial charge in [0, 0.05) is 18.5 Å². The van der Waals surface area contributed by atoms with Crippen LogP contribution in [0.1, 0.15) is 37.9 Å². The van der Waals surface area contributed by atoms with E-state index < -0.39 is 11.9 Å². The van der Waals surface area contributed by atoms with Crippen molar-refractivity contribution < 1.29 is 24.3 Å². The van der Waals surface area contributed by atoms with Crippen molar-refractivity contribution in [1.82, 2.24) is 15.5 Å². The SMILES string of the molecule is CCCCc1noc(C2=CCCNC2)n1.O=C(O)C(=O)O. The predicted molar refractivity (Wildman–Crippen MR) is 73.6 cm³/mol. The van der Waals surface area contributed by atoms with Crippen LogP contribution in [0, 0.1) is 0 Å². The Hall–Kier alpha value is -2.22. The molecule has 8 heteroatoms. The summed E-state index contributed by atoms with van der Waals surface area (Å²) in [5.41, 5.74) is 1.14. The average molecular weight is 297 g/mol. The fourth-order valence-electron chi connectivity index (χ4n) is 1.63. The molecule has 0 fully saturated rings. The molecule has 0 bridgehead atoms. The molecule has 1 aromatic heterocycles. The predicted octanol–water partition coefficient (Wildman–Crippen LogP) is 0.945. The molecule has 2 rings (SSSR count). The minimum absolute atomic E-state index is 0.688. The fraction of sp³-hybridized carbons (Fsp3) is 0.538. The second-order valence-corrected chi connectivity index (χ2v) is 4.42. The number of aryl methyl sites for hydroxylation is 1. The molecular formula is C13H19N3O5. The first-order valence-corrected chi connectivity index (χ1v) is 6.73. The van der Waals surface area contributed by atoms with Gasteiger partial charge in [0.2, 0.25) is 0 Å². The molecule has 0 aliphatic carbocycles. The van der Waals surface area contributed by atoms with E-state index in [2.05, 4.69) is 28.5 Å². The Kier molecular flexibility index (Phi) is 7.10. The summed E-state index contributed by atoms with van der Waals surface area (Å²) >= 11 is 0. The largest absolute Gasteiger partial charge is 0.473 e. The molecule has 3 N–H and O–H groups in total. The number of aliphatic carboxylic acids is 2. The zero-order valence-corrected chi connectivity index (χ0v) is 11.8. The molecular weight excluding hydrogens is 278 g/mol. The Balaban J connectivity index is 0.000000315. The number of nitrogens with zero attached hydrogens (tertiary/aromatic N) is 2. The van der Waals surface area contributed by atoms with Gasteiger partial charge < -0.3 is 20.1 Å². The van der Waals surface area contributed by atoms with E-state index in [0.29, 0.717) is 5.89 Å². The van der Waals surface area contributed by atoms with Gasteiger partial charge >= 0.3 is 11.9 Å². The van der Waals surface area contributed by atoms with E-state index in [4.69, 9.17) is 24.3 Å². The standard InChI is InChI=1S/C11H17N3O.C2H2O4/c1-2-3-6-10-13-11(15-14-10)9-5-4-7-12-8-9;3-1(4)2(5)6/h5,12H,2-4,6-8H2,1H3;(H,3,4)(H,5,6). The van der Waals surface area contributed by atoms with Gasteiger partial charge in [-0.05, 0) is 19.4 Å². The van der Waals surface area contributed by atoms with Crippen LogP contribution in [0.15, 0.2) is 10.6 Å². The normalized spacial score (nSPS) is 13.9. The van der Waals surface area contributed by atoms with E-state index in [9.17, 15) is 0 Å². The van der Waals surface area contributed by atoms with E-state index in [-0.39, 0.29) is 0 Å². The van der Waals surface area contributed by atoms with Crippen molar-refractivity contribution in [2.75, 3.05) is 13.1 Å². The van der Waals surface area contributed by atoms with Crippen LogP contribution >= 0.6 is 0 Å². The summed E-state index contributed by atoms with van der Waals surface area (Å²) in [5.74, 6) is -2.13. The lowest BCUT2D eigenvalue weighted by Gasteiger charge is -2.09. The fourth-order valence-corrected chi connectivity index (χ4v) is 1.63. The van der Waals surface area contributed by atoms with Gasteiger partial charge in [-0.15, -0.1) is 0 Å². The topological polar surface area (TPSA) is 126 Å². The summed E-state index contributed by atoms with van der Waals surface area (Å²) in [4.78, 5) is 22.6. The number of rotatable bonds is 4. The molecule has 8 nitrogen and oxygen atoms in total. The number of carboxylic acids is 2. The van der Waals surface area contributed by atoms with Gasteiger partial charge in [0.05, 0.1) is 0 Å². The smallest absolute Gasteiger partial charge is 0.414 e. The number of carboxylic acid groups (broad SMARTS) is 2. The molecule has 2 heterocycles. The molecule has 0 spiro atoms. The highest BCUT2D eigenvalue weighted by Gasteiger charge is 2.12. The lowest BCUT2D eigenvalue weighted by Crippen LogP contribution is -2.21. The number of nitrogens with one attached hydrogen (secondary N) is 1. The molecule has 1 aliphatic rings. The van der Waals surface area contributed by atoms with E-state index in [0.717, 1.165) is 50.2 Å². The van der Waals surface area contributed by atoms with Crippen LogP contribution in [-0.2, 0) is 16.0 Å². The molecule has 116 valence electrons. The van der Waals surface area contributed by atoms with Crippen LogP contribution in [0.4, 0.5) is 0 Å². The zero-order chi connectivity index (χ0) is 15.7. The first kappa shape index (κ1) is 16.8. The lowest BCUT2D eigenvalue weighted by molar-refractivity contribution is -0.159. The van der Waals surface area contributed by atoms with E-state index in [1.807, 2.05) is 0 Å². The third kappa shape index (κ3) is 6.17. The molecule has 1 aromatic rings. The minimum Gasteiger partial charge on any atom is -0.473 e. The highest BCUT2D eigenvalue weighted by Crippen LogP contribution is 2.15. The summed E-state index contributed by atoms with van der Waals surface area (Å²) in [5, 5.41) is 22.0. The van der Waals surface area contributed by atoms with E-state index in [1.165, 1.54) is 0 Å². The third-order valence-electron chi connectivity index (χ3n) is 2.71. The molecule has 0 saturated carbocycles. The van der Waals surface area contributed by atoms with Crippen LogP contribution in [0.3, 0.4) is 0 Å². The summed E-state index contributed by atoms with van der Waals surface area (Å²) in [7, 11) is 0. The van der Waals surface area contributed by atoms with Crippen molar-refractivity contribution in [3.63, 3.8) is 0 Å². The van der Waals surface area contributed by atoms with Crippen LogP contribution in [0.2, 0.25) is 0 Å². The zero-order valence-electron chi connectivity index (χ0n) is 11.8. The lowest BCUT2D eigenvalue weighted by atomic mass is 10.1. The quantitative estimate of drug-likeness (QED) is 0.701. The Morgan fingerprint density at radius 2 is 2.10 bits per heavy atom. The molecule has 0 aromatic carbocycles. The molecule has 0 saturated heterocycles. The third-order valence-corrected chi connectivity index (χ3v) is 2.71. The number of aromatic nitrogens is 2. The second-order valence-electron chi connectivity index (χ2n) is 4.42. The first-order chi connectivity index (χ1) is 10.0. The van der Waals surface area contributed by atoms with Crippen LogP contribution in [-0.4, -0.2) is 45.4 Å². The van der Waals surface area contributed by atoms with E-state index >= 15 is 0 Å². The maximum Gasteiger partial charge on any atom is 0.414 e. The molecule has 0 amide bonds. The summed E-state index contributed by atoms with van der Waals surface area (Å²) in [6.07, 6.45) is 6.42. The summed E-state index contributed by atoms with van der Waals surface area (Å²) in [6.45, 7) is 4.05. The average Bonchev–Trinajstić information content (AvgIpc) is 2.95. The molecule has 0 unspecified atom stereocenters. The monoisotopic (exact) mass is 297 g/mol. The Labute approximate surface area is 121 Å². The maximum absolute atomic E-state index is 9.10. The van der Waals surface area contributed by atoms with Crippen molar-refractivity contribution >= 4 is 17.5 Å². The van der Waals surface area contributed by atoms with Gasteiger partial charge in [-0.3, -0.25) is 0 Å². The molecule has 21 heavy (non-hydrogen) atoms. The number of hydrogen-bond donors (Lipinski definition) is 3. The van der Waals surface area contributed by atoms with Gasteiger partial charge in [0.25, 0.3) is 5.89 Å². The highest BCUT2D eigenvalue weighted by atomic mass is 16.5. The van der Waals surface area contributed by atoms with Crippen LogP contribution < -0.4 is 5.32 Å². The Morgan fingerprint density at radius 3 is 2.62 bits per heavy atom. The van der Waals surface area contributed by atoms with Crippen LogP contribution in [0.25, 0.3) is 5.57 Å². The van der Waals surface area contributed by atoms with Crippen LogP contribution in [0.5, 0.6) is 0 Å². The van der Waals surface area contributed by atoms with Crippen molar-refractivity contribution in [2.24, 2.45) is 0 Å². The van der Waals surface area contributed by atoms with Crippen molar-refractivity contribution in [3.05, 3.63) is 17.8 Å². The highest BCUT2D eigenvalue weighted by molar-refractivity contribution is 6.27. The van der Waals surface area contributed by atoms with Gasteiger partial charge in [0.15, 0.2) is 5.82 Å². The molecule has 0 atom stereocenters. The number of carbonyl (C=O) groups is 2. The minimum atomic E-state index is -1.82. The summed E-state index contributed by atoms with van der Waals surface area (Å²) < 4.78 is 5.23. The van der Waals surface area contributed by atoms with Gasteiger partial charge in [-0.2, -0.15) is 4.98 Å². The second kappa shape index (κ2) is 8.85. The first-order valence-electron chi connectivity index (χ1n) is 6.73.